The van der Waals surface area contributed by atoms with E-state index in [1.807, 2.05) is 13.8 Å². The van der Waals surface area contributed by atoms with Crippen LogP contribution in [-0.4, -0.2) is 55.0 Å². The smallest absolute Gasteiger partial charge is 0.273 e. The number of carbonyl (C=O) groups is 2. The van der Waals surface area contributed by atoms with Crippen LogP contribution in [0.2, 0.25) is 10.0 Å². The van der Waals surface area contributed by atoms with Crippen LogP contribution in [0.15, 0.2) is 23.6 Å². The minimum absolute atomic E-state index is 0.0841. The largest absolute Gasteiger partial charge is 0.383 e. The van der Waals surface area contributed by atoms with Crippen molar-refractivity contribution in [3.05, 3.63) is 39.3 Å². The Morgan fingerprint density at radius 2 is 2.00 bits per heavy atom. The molecule has 0 radical (unpaired) electrons. The van der Waals surface area contributed by atoms with E-state index in [9.17, 15) is 9.59 Å². The van der Waals surface area contributed by atoms with Crippen molar-refractivity contribution < 1.29 is 14.3 Å². The van der Waals surface area contributed by atoms with Gasteiger partial charge in [-0.05, 0) is 24.1 Å². The summed E-state index contributed by atoms with van der Waals surface area (Å²) in [6.45, 7) is 5.71. The quantitative estimate of drug-likeness (QED) is 0.504. The molecule has 0 bridgehead atoms. The molecule has 2 amide bonds. The molecule has 0 saturated carbocycles. The fraction of sp³-hybridized carbons (Fsp3) is 0.450. The molecule has 30 heavy (non-hydrogen) atoms. The number of nitrogens with one attached hydrogen (secondary N) is 2. The summed E-state index contributed by atoms with van der Waals surface area (Å²) in [5, 5.41) is 9.10. The zero-order chi connectivity index (χ0) is 22.1. The lowest BCUT2D eigenvalue weighted by Crippen LogP contribution is -2.38. The lowest BCUT2D eigenvalue weighted by Gasteiger charge is -2.21. The van der Waals surface area contributed by atoms with Crippen LogP contribution in [0.5, 0.6) is 0 Å². The fourth-order valence-corrected chi connectivity index (χ4v) is 3.45. The average Bonchev–Trinajstić information content (AvgIpc) is 3.17. The fourth-order valence-electron chi connectivity index (χ4n) is 2.45. The number of hydrogen-bond donors (Lipinski definition) is 2. The molecule has 2 N–H and O–H groups in total. The summed E-state index contributed by atoms with van der Waals surface area (Å²) in [6, 6.07) is 5.15. The SMILES string of the molecule is COCCN(CCC(=O)NCC(C)C)C(=O)c1csc(Nc2ccc(Cl)c(Cl)c2)n1. The third-order valence-electron chi connectivity index (χ3n) is 4.06. The van der Waals surface area contributed by atoms with E-state index in [-0.39, 0.29) is 18.2 Å². The lowest BCUT2D eigenvalue weighted by molar-refractivity contribution is -0.121. The first-order valence-corrected chi connectivity index (χ1v) is 11.2. The van der Waals surface area contributed by atoms with Crippen molar-refractivity contribution in [2.45, 2.75) is 20.3 Å². The Morgan fingerprint density at radius 1 is 1.23 bits per heavy atom. The monoisotopic (exact) mass is 472 g/mol. The van der Waals surface area contributed by atoms with Gasteiger partial charge in [-0.1, -0.05) is 37.0 Å². The Kier molecular flexibility index (Phi) is 9.84. The second kappa shape index (κ2) is 12.1. The first kappa shape index (κ1) is 24.4. The van der Waals surface area contributed by atoms with Gasteiger partial charge in [0.05, 0.1) is 16.7 Å². The van der Waals surface area contributed by atoms with Gasteiger partial charge in [0, 0.05) is 44.2 Å². The maximum atomic E-state index is 12.9. The van der Waals surface area contributed by atoms with E-state index < -0.39 is 0 Å². The van der Waals surface area contributed by atoms with Crippen molar-refractivity contribution in [1.82, 2.24) is 15.2 Å². The number of thiazole rings is 1. The predicted octanol–water partition coefficient (Wildman–Crippen LogP) is 4.44. The van der Waals surface area contributed by atoms with E-state index in [2.05, 4.69) is 15.6 Å². The van der Waals surface area contributed by atoms with E-state index in [0.717, 1.165) is 5.69 Å². The number of nitrogens with zero attached hydrogens (tertiary/aromatic N) is 2. The summed E-state index contributed by atoms with van der Waals surface area (Å²) in [6.07, 6.45) is 0.223. The summed E-state index contributed by atoms with van der Waals surface area (Å²) in [5.41, 5.74) is 1.03. The number of amides is 2. The second-order valence-corrected chi connectivity index (χ2v) is 8.70. The number of ether oxygens (including phenoxy) is 1. The summed E-state index contributed by atoms with van der Waals surface area (Å²) in [5.74, 6) is 0.0398. The van der Waals surface area contributed by atoms with Gasteiger partial charge in [-0.15, -0.1) is 11.3 Å². The molecule has 1 aromatic carbocycles. The van der Waals surface area contributed by atoms with E-state index in [1.54, 1.807) is 35.6 Å². The highest BCUT2D eigenvalue weighted by Gasteiger charge is 2.20. The van der Waals surface area contributed by atoms with Gasteiger partial charge in [0.25, 0.3) is 5.91 Å². The van der Waals surface area contributed by atoms with Crippen molar-refractivity contribution in [2.24, 2.45) is 5.92 Å². The summed E-state index contributed by atoms with van der Waals surface area (Å²) in [7, 11) is 1.57. The molecular weight excluding hydrogens is 447 g/mol. The molecule has 2 aromatic rings. The number of methoxy groups -OCH3 is 1. The number of hydrogen-bond acceptors (Lipinski definition) is 6. The summed E-state index contributed by atoms with van der Waals surface area (Å²) < 4.78 is 5.10. The first-order chi connectivity index (χ1) is 14.3. The average molecular weight is 473 g/mol. The molecule has 0 atom stereocenters. The first-order valence-electron chi connectivity index (χ1n) is 9.52. The Balaban J connectivity index is 2.01. The number of carbonyl (C=O) groups excluding carboxylic acids is 2. The zero-order valence-electron chi connectivity index (χ0n) is 17.2. The van der Waals surface area contributed by atoms with Gasteiger partial charge in [-0.3, -0.25) is 9.59 Å². The Morgan fingerprint density at radius 3 is 2.67 bits per heavy atom. The molecule has 0 spiro atoms. The third kappa shape index (κ3) is 7.75. The molecule has 0 fully saturated rings. The number of benzene rings is 1. The van der Waals surface area contributed by atoms with Gasteiger partial charge >= 0.3 is 0 Å². The van der Waals surface area contributed by atoms with Gasteiger partial charge in [0.15, 0.2) is 5.13 Å². The molecule has 0 unspecified atom stereocenters. The van der Waals surface area contributed by atoms with E-state index in [1.165, 1.54) is 11.3 Å². The molecular formula is C20H26Cl2N4O3S. The number of rotatable bonds is 11. The van der Waals surface area contributed by atoms with Gasteiger partial charge in [0.1, 0.15) is 5.69 Å². The van der Waals surface area contributed by atoms with Crippen molar-refractivity contribution in [3.63, 3.8) is 0 Å². The molecule has 1 heterocycles. The van der Waals surface area contributed by atoms with Gasteiger partial charge in [-0.25, -0.2) is 4.98 Å². The van der Waals surface area contributed by atoms with E-state index in [0.29, 0.717) is 53.0 Å². The zero-order valence-corrected chi connectivity index (χ0v) is 19.5. The standard InChI is InChI=1S/C20H26Cl2N4O3S/c1-13(2)11-23-18(27)6-7-26(8-9-29-3)19(28)17-12-30-20(25-17)24-14-4-5-15(21)16(22)10-14/h4-5,10,12-13H,6-9,11H2,1-3H3,(H,23,27)(H,24,25). The maximum absolute atomic E-state index is 12.9. The van der Waals surface area contributed by atoms with Crippen LogP contribution in [0.1, 0.15) is 30.8 Å². The normalized spacial score (nSPS) is 10.9. The van der Waals surface area contributed by atoms with Crippen molar-refractivity contribution in [3.8, 4) is 0 Å². The van der Waals surface area contributed by atoms with Crippen LogP contribution in [0.4, 0.5) is 10.8 Å². The molecule has 0 aliphatic carbocycles. The highest BCUT2D eigenvalue weighted by Crippen LogP contribution is 2.28. The van der Waals surface area contributed by atoms with E-state index >= 15 is 0 Å². The van der Waals surface area contributed by atoms with Crippen LogP contribution in [-0.2, 0) is 9.53 Å². The molecule has 0 saturated heterocycles. The maximum Gasteiger partial charge on any atom is 0.273 e. The minimum Gasteiger partial charge on any atom is -0.383 e. The van der Waals surface area contributed by atoms with Crippen molar-refractivity contribution in [1.29, 1.82) is 0 Å². The molecule has 0 aliphatic heterocycles. The highest BCUT2D eigenvalue weighted by atomic mass is 35.5. The Hall–Kier alpha value is -1.87. The number of anilines is 2. The summed E-state index contributed by atoms with van der Waals surface area (Å²) in [4.78, 5) is 30.9. The van der Waals surface area contributed by atoms with Crippen molar-refractivity contribution in [2.75, 3.05) is 38.7 Å². The van der Waals surface area contributed by atoms with Crippen molar-refractivity contribution >= 4 is 57.2 Å². The highest BCUT2D eigenvalue weighted by molar-refractivity contribution is 7.14. The lowest BCUT2D eigenvalue weighted by atomic mass is 10.2. The van der Waals surface area contributed by atoms with Gasteiger partial charge in [0.2, 0.25) is 5.91 Å². The molecule has 164 valence electrons. The van der Waals surface area contributed by atoms with Gasteiger partial charge < -0.3 is 20.3 Å². The van der Waals surface area contributed by atoms with Crippen LogP contribution < -0.4 is 10.6 Å². The molecule has 2 rings (SSSR count). The van der Waals surface area contributed by atoms with Crippen LogP contribution in [0.25, 0.3) is 0 Å². The minimum atomic E-state index is -0.248. The van der Waals surface area contributed by atoms with Crippen LogP contribution >= 0.6 is 34.5 Å². The number of halogens is 2. The topological polar surface area (TPSA) is 83.6 Å². The third-order valence-corrected chi connectivity index (χ3v) is 5.56. The summed E-state index contributed by atoms with van der Waals surface area (Å²) >= 11 is 13.3. The number of aromatic nitrogens is 1. The molecule has 0 aliphatic rings. The molecule has 7 nitrogen and oxygen atoms in total. The van der Waals surface area contributed by atoms with E-state index in [4.69, 9.17) is 27.9 Å². The predicted molar refractivity (Wildman–Crippen MR) is 122 cm³/mol. The second-order valence-electron chi connectivity index (χ2n) is 7.02. The van der Waals surface area contributed by atoms with Crippen LogP contribution in [0, 0.1) is 5.92 Å². The Bertz CT molecular complexity index is 860. The van der Waals surface area contributed by atoms with Gasteiger partial charge in [-0.2, -0.15) is 0 Å². The van der Waals surface area contributed by atoms with Crippen LogP contribution in [0.3, 0.4) is 0 Å². The Labute approximate surface area is 190 Å². The molecule has 10 heteroatoms. The molecule has 1 aromatic heterocycles.